The summed E-state index contributed by atoms with van der Waals surface area (Å²) in [4.78, 5) is 5.11. The number of para-hydroxylation sites is 2. The van der Waals surface area contributed by atoms with E-state index in [1.165, 1.54) is 61.0 Å². The molecule has 7 aliphatic rings. The summed E-state index contributed by atoms with van der Waals surface area (Å²) in [5.41, 5.74) is 17.7. The molecule has 358 valence electrons. The monoisotopic (exact) mass is 942 g/mol. The third-order valence-corrected chi connectivity index (χ3v) is 16.8. The summed E-state index contributed by atoms with van der Waals surface area (Å²) < 4.78 is 22.0. The number of anilines is 3. The van der Waals surface area contributed by atoms with Gasteiger partial charge in [0, 0.05) is 62.0 Å². The molecular weight excluding hydrogens is 881 g/mol. The van der Waals surface area contributed by atoms with Crippen LogP contribution in [0.2, 0.25) is 0 Å². The van der Waals surface area contributed by atoms with E-state index >= 15 is 0 Å². The van der Waals surface area contributed by atoms with Crippen molar-refractivity contribution in [2.75, 3.05) is 9.80 Å². The van der Waals surface area contributed by atoms with E-state index in [2.05, 4.69) is 229 Å². The van der Waals surface area contributed by atoms with Gasteiger partial charge in [-0.25, -0.2) is 0 Å². The molecule has 1 saturated heterocycles. The van der Waals surface area contributed by atoms with Crippen LogP contribution in [0.1, 0.15) is 95.0 Å². The zero-order valence-corrected chi connectivity index (χ0v) is 42.7. The van der Waals surface area contributed by atoms with Crippen LogP contribution in [0.5, 0.6) is 5.75 Å². The van der Waals surface area contributed by atoms with Gasteiger partial charge in [-0.1, -0.05) is 186 Å². The summed E-state index contributed by atoms with van der Waals surface area (Å²) in [6, 6.07) is 42.9. The molecule has 7 atom stereocenters. The van der Waals surface area contributed by atoms with E-state index in [1.807, 2.05) is 0 Å². The molecule has 5 aliphatic carbocycles. The van der Waals surface area contributed by atoms with Gasteiger partial charge in [0.05, 0.1) is 34.7 Å². The van der Waals surface area contributed by atoms with Gasteiger partial charge in [0.15, 0.2) is 5.58 Å². The first-order valence-corrected chi connectivity index (χ1v) is 26.3. The summed E-state index contributed by atoms with van der Waals surface area (Å²) in [6.45, 7) is 18.1. The molecule has 7 unspecified atom stereocenters. The highest BCUT2D eigenvalue weighted by Crippen LogP contribution is 2.61. The van der Waals surface area contributed by atoms with E-state index in [1.54, 1.807) is 0 Å². The highest BCUT2D eigenvalue weighted by Gasteiger charge is 2.54. The van der Waals surface area contributed by atoms with Crippen LogP contribution in [0, 0.1) is 30.1 Å². The summed E-state index contributed by atoms with van der Waals surface area (Å²) in [5, 5.41) is 4.69. The smallest absolute Gasteiger partial charge is 0.159 e. The van der Waals surface area contributed by atoms with Crippen molar-refractivity contribution in [3.8, 4) is 5.75 Å². The second-order valence-corrected chi connectivity index (χ2v) is 23.6. The topological polar surface area (TPSA) is 38.1 Å². The molecule has 1 aromatic heterocycles. The van der Waals surface area contributed by atoms with Crippen molar-refractivity contribution < 1.29 is 13.9 Å². The van der Waals surface area contributed by atoms with Crippen molar-refractivity contribution in [3.05, 3.63) is 220 Å². The minimum Gasteiger partial charge on any atom is -0.485 e. The molecule has 1 saturated carbocycles. The Balaban J connectivity index is 0.949. The van der Waals surface area contributed by atoms with Gasteiger partial charge in [0.25, 0.3) is 0 Å². The number of nitrogens with zero attached hydrogens (tertiary/aromatic N) is 2. The average Bonchev–Trinajstić information content (AvgIpc) is 3.68. The standard InChI is InChI=1S/C67H62N2O3/c1-38-26-30-41(31-27-38)68(54-25-15-22-48-47-20-13-23-52(66(3,4)5)62(47)71-64(48)54)55-36-57-59(45-18-11-9-16-43(45)55)60-46-19-12-10-17-44(46)56(37-58(60)70-57)69(42-32-28-39(2)29-33-42)61-50-34-40(50)35-51-49-21-14-24-53(67(6,7)8)63(49)72-65(51)61/h9-30,32-33,35-37,40-41,49-50,58,60,63H,31,34H2,1-8H3. The SMILES string of the molecule is CC1=CCC(N(c2cc3c(c4ccccc24)C2c4ccccc4C(N(C4=C5OC6C(C(C)(C)C)=CC=CC6C5=CC5CC45)c4ccc(C)cc4)=CC2O3)c2cccc3c2oc2c(C(C)(C)C)cccc23)C=C1. The van der Waals surface area contributed by atoms with Crippen LogP contribution in [-0.2, 0) is 10.2 Å². The third-order valence-electron chi connectivity index (χ3n) is 16.8. The van der Waals surface area contributed by atoms with E-state index in [0.29, 0.717) is 11.8 Å². The van der Waals surface area contributed by atoms with Crippen LogP contribution >= 0.6 is 0 Å². The average molecular weight is 943 g/mol. The Hall–Kier alpha value is -7.24. The number of rotatable bonds is 6. The normalized spacial score (nSPS) is 24.5. The number of aryl methyl sites for hydroxylation is 1. The molecule has 2 fully saturated rings. The predicted molar refractivity (Wildman–Crippen MR) is 296 cm³/mol. The maximum atomic E-state index is 7.51. The van der Waals surface area contributed by atoms with Crippen molar-refractivity contribution in [2.45, 2.75) is 97.8 Å². The number of hydrogen-bond acceptors (Lipinski definition) is 5. The number of allylic oxidation sites excluding steroid dienone is 7. The quantitative estimate of drug-likeness (QED) is 0.166. The molecule has 3 heterocycles. The van der Waals surface area contributed by atoms with Crippen LogP contribution in [-0.4, -0.2) is 18.2 Å². The maximum absolute atomic E-state index is 7.51. The minimum absolute atomic E-state index is 0.00893. The first-order valence-electron chi connectivity index (χ1n) is 26.3. The van der Waals surface area contributed by atoms with Gasteiger partial charge in [0.1, 0.15) is 29.3 Å². The highest BCUT2D eigenvalue weighted by molar-refractivity contribution is 6.12. The first kappa shape index (κ1) is 43.5. The molecule has 5 heteroatoms. The molecule has 72 heavy (non-hydrogen) atoms. The Morgan fingerprint density at radius 1 is 0.681 bits per heavy atom. The van der Waals surface area contributed by atoms with Gasteiger partial charge in [-0.15, -0.1) is 0 Å². The predicted octanol–water partition coefficient (Wildman–Crippen LogP) is 16.9. The van der Waals surface area contributed by atoms with Gasteiger partial charge in [-0.2, -0.15) is 0 Å². The second-order valence-electron chi connectivity index (χ2n) is 23.6. The Labute approximate surface area is 423 Å². The number of furan rings is 1. The van der Waals surface area contributed by atoms with E-state index in [-0.39, 0.29) is 40.9 Å². The third kappa shape index (κ3) is 6.58. The Bertz CT molecular complexity index is 3690. The fraction of sp³-hybridized carbons (Fsp3) is 0.284. The lowest BCUT2D eigenvalue weighted by atomic mass is 9.75. The number of ether oxygens (including phenoxy) is 2. The van der Waals surface area contributed by atoms with Crippen molar-refractivity contribution in [1.29, 1.82) is 0 Å². The molecule has 7 aromatic rings. The fourth-order valence-electron chi connectivity index (χ4n) is 13.2. The van der Waals surface area contributed by atoms with E-state index in [9.17, 15) is 0 Å². The fourth-order valence-corrected chi connectivity index (χ4v) is 13.2. The van der Waals surface area contributed by atoms with Crippen molar-refractivity contribution in [2.24, 2.45) is 23.2 Å². The van der Waals surface area contributed by atoms with Crippen molar-refractivity contribution in [1.82, 2.24) is 0 Å². The molecule has 0 amide bonds. The summed E-state index contributed by atoms with van der Waals surface area (Å²) >= 11 is 0. The largest absolute Gasteiger partial charge is 0.485 e. The second kappa shape index (κ2) is 15.6. The number of hydrogen-bond donors (Lipinski definition) is 0. The first-order chi connectivity index (χ1) is 34.8. The van der Waals surface area contributed by atoms with E-state index in [0.717, 1.165) is 69.0 Å². The van der Waals surface area contributed by atoms with Crippen LogP contribution in [0.15, 0.2) is 196 Å². The summed E-state index contributed by atoms with van der Waals surface area (Å²) in [5.74, 6) is 3.04. The number of fused-ring (bicyclic) bond motifs is 14. The van der Waals surface area contributed by atoms with E-state index < -0.39 is 0 Å². The Kier molecular flexibility index (Phi) is 9.45. The molecule has 0 bridgehead atoms. The molecular formula is C67H62N2O3. The van der Waals surface area contributed by atoms with Crippen LogP contribution < -0.4 is 14.5 Å². The zero-order chi connectivity index (χ0) is 48.9. The molecule has 0 N–H and O–H groups in total. The molecule has 2 aliphatic heterocycles. The van der Waals surface area contributed by atoms with Gasteiger partial charge >= 0.3 is 0 Å². The molecule has 14 rings (SSSR count). The number of benzene rings is 6. The lowest BCUT2D eigenvalue weighted by Gasteiger charge is -2.37. The van der Waals surface area contributed by atoms with Gasteiger partial charge in [0.2, 0.25) is 0 Å². The Morgan fingerprint density at radius 3 is 2.21 bits per heavy atom. The lowest BCUT2D eigenvalue weighted by Crippen LogP contribution is -2.32. The van der Waals surface area contributed by atoms with Crippen LogP contribution in [0.25, 0.3) is 38.4 Å². The molecule has 0 spiro atoms. The maximum Gasteiger partial charge on any atom is 0.159 e. The van der Waals surface area contributed by atoms with Crippen molar-refractivity contribution in [3.63, 3.8) is 0 Å². The van der Waals surface area contributed by atoms with Gasteiger partial charge in [-0.05, 0) is 84.2 Å². The molecule has 5 nitrogen and oxygen atoms in total. The summed E-state index contributed by atoms with van der Waals surface area (Å²) in [7, 11) is 0. The zero-order valence-electron chi connectivity index (χ0n) is 42.7. The Morgan fingerprint density at radius 2 is 1.43 bits per heavy atom. The van der Waals surface area contributed by atoms with Crippen LogP contribution in [0.4, 0.5) is 17.1 Å². The van der Waals surface area contributed by atoms with Gasteiger partial charge in [-0.3, -0.25) is 0 Å². The molecule has 0 radical (unpaired) electrons. The van der Waals surface area contributed by atoms with E-state index in [4.69, 9.17) is 13.9 Å². The minimum atomic E-state index is -0.246. The van der Waals surface area contributed by atoms with Crippen molar-refractivity contribution >= 4 is 55.5 Å². The lowest BCUT2D eigenvalue weighted by molar-refractivity contribution is 0.149. The van der Waals surface area contributed by atoms with Crippen LogP contribution in [0.3, 0.4) is 0 Å². The van der Waals surface area contributed by atoms with Gasteiger partial charge < -0.3 is 23.7 Å². The molecule has 6 aromatic carbocycles. The highest BCUT2D eigenvalue weighted by atomic mass is 16.5. The summed E-state index contributed by atoms with van der Waals surface area (Å²) in [6.07, 6.45) is 20.7.